The third-order valence-corrected chi connectivity index (χ3v) is 3.96. The lowest BCUT2D eigenvalue weighted by atomic mass is 10.2. The third kappa shape index (κ3) is 2.71. The minimum absolute atomic E-state index is 0.573. The van der Waals surface area contributed by atoms with Crippen LogP contribution in [0.15, 0.2) is 24.3 Å². The van der Waals surface area contributed by atoms with E-state index < -0.39 is 0 Å². The Balaban J connectivity index is 2.31. The van der Waals surface area contributed by atoms with Crippen molar-refractivity contribution in [2.45, 2.75) is 26.3 Å². The fourth-order valence-electron chi connectivity index (χ4n) is 1.83. The summed E-state index contributed by atoms with van der Waals surface area (Å²) in [7, 11) is 1.67. The molecule has 0 saturated carbocycles. The summed E-state index contributed by atoms with van der Waals surface area (Å²) < 4.78 is 5.16. The summed E-state index contributed by atoms with van der Waals surface area (Å²) in [5, 5.41) is 1.04. The Kier molecular flexibility index (Phi) is 4.33. The molecule has 0 aliphatic heterocycles. The largest absolute Gasteiger partial charge is 0.497 e. The van der Waals surface area contributed by atoms with Crippen LogP contribution in [0.3, 0.4) is 0 Å². The number of aryl methyl sites for hydroxylation is 1. The van der Waals surface area contributed by atoms with Gasteiger partial charge in [-0.3, -0.25) is 0 Å². The molecule has 0 radical (unpaired) electrons. The highest BCUT2D eigenvalue weighted by Gasteiger charge is 2.10. The van der Waals surface area contributed by atoms with Gasteiger partial charge in [0, 0.05) is 17.0 Å². The molecule has 0 aliphatic rings. The lowest BCUT2D eigenvalue weighted by Gasteiger charge is -2.00. The average molecular weight is 262 g/mol. The van der Waals surface area contributed by atoms with Gasteiger partial charge < -0.3 is 10.5 Å². The molecule has 1 aromatic carbocycles. The Labute approximate surface area is 112 Å². The van der Waals surface area contributed by atoms with E-state index in [0.29, 0.717) is 6.54 Å². The van der Waals surface area contributed by atoms with Gasteiger partial charge in [-0.1, -0.05) is 13.3 Å². The van der Waals surface area contributed by atoms with E-state index in [2.05, 4.69) is 6.92 Å². The SMILES string of the molecule is CCCc1nc(-c2ccc(OC)cc2)sc1CN. The first-order valence-electron chi connectivity index (χ1n) is 6.11. The Hall–Kier alpha value is -1.39. The van der Waals surface area contributed by atoms with Crippen LogP contribution in [0.4, 0.5) is 0 Å². The Morgan fingerprint density at radius 2 is 2.00 bits per heavy atom. The average Bonchev–Trinajstić information content (AvgIpc) is 2.82. The van der Waals surface area contributed by atoms with E-state index in [4.69, 9.17) is 15.5 Å². The number of hydrogen-bond acceptors (Lipinski definition) is 4. The molecule has 0 unspecified atom stereocenters. The van der Waals surface area contributed by atoms with Crippen LogP contribution in [0.5, 0.6) is 5.75 Å². The van der Waals surface area contributed by atoms with Crippen LogP contribution in [-0.2, 0) is 13.0 Å². The van der Waals surface area contributed by atoms with Crippen molar-refractivity contribution in [2.75, 3.05) is 7.11 Å². The number of benzene rings is 1. The second-order valence-electron chi connectivity index (χ2n) is 4.07. The first-order chi connectivity index (χ1) is 8.78. The number of rotatable bonds is 5. The summed E-state index contributed by atoms with van der Waals surface area (Å²) >= 11 is 1.69. The molecule has 2 N–H and O–H groups in total. The van der Waals surface area contributed by atoms with Crippen molar-refractivity contribution in [3.05, 3.63) is 34.8 Å². The smallest absolute Gasteiger partial charge is 0.123 e. The molecule has 0 amide bonds. The molecule has 0 aliphatic carbocycles. The first-order valence-corrected chi connectivity index (χ1v) is 6.93. The van der Waals surface area contributed by atoms with Crippen LogP contribution in [0.25, 0.3) is 10.6 Å². The molecule has 0 spiro atoms. The van der Waals surface area contributed by atoms with Gasteiger partial charge in [0.15, 0.2) is 0 Å². The maximum Gasteiger partial charge on any atom is 0.123 e. The number of nitrogens with two attached hydrogens (primary N) is 1. The van der Waals surface area contributed by atoms with E-state index in [1.54, 1.807) is 18.4 Å². The van der Waals surface area contributed by atoms with Crippen molar-refractivity contribution in [3.63, 3.8) is 0 Å². The first kappa shape index (κ1) is 13.1. The molecule has 2 rings (SSSR count). The van der Waals surface area contributed by atoms with Gasteiger partial charge in [-0.2, -0.15) is 0 Å². The standard InChI is InChI=1S/C14H18N2OS/c1-3-4-12-13(9-15)18-14(16-12)10-5-7-11(17-2)8-6-10/h5-8H,3-4,9,15H2,1-2H3. The van der Waals surface area contributed by atoms with Gasteiger partial charge in [0.1, 0.15) is 10.8 Å². The zero-order valence-electron chi connectivity index (χ0n) is 10.8. The van der Waals surface area contributed by atoms with Gasteiger partial charge >= 0.3 is 0 Å². The minimum atomic E-state index is 0.573. The Morgan fingerprint density at radius 3 is 2.56 bits per heavy atom. The van der Waals surface area contributed by atoms with Gasteiger partial charge in [-0.25, -0.2) is 4.98 Å². The third-order valence-electron chi connectivity index (χ3n) is 2.79. The highest BCUT2D eigenvalue weighted by atomic mass is 32.1. The van der Waals surface area contributed by atoms with Gasteiger partial charge in [0.2, 0.25) is 0 Å². The van der Waals surface area contributed by atoms with E-state index in [-0.39, 0.29) is 0 Å². The van der Waals surface area contributed by atoms with E-state index in [1.807, 2.05) is 24.3 Å². The maximum atomic E-state index is 5.77. The Morgan fingerprint density at radius 1 is 1.28 bits per heavy atom. The monoisotopic (exact) mass is 262 g/mol. The van der Waals surface area contributed by atoms with Crippen LogP contribution < -0.4 is 10.5 Å². The van der Waals surface area contributed by atoms with E-state index in [9.17, 15) is 0 Å². The minimum Gasteiger partial charge on any atom is -0.497 e. The van der Waals surface area contributed by atoms with Crippen molar-refractivity contribution in [1.29, 1.82) is 0 Å². The summed E-state index contributed by atoms with van der Waals surface area (Å²) in [4.78, 5) is 5.89. The molecule has 0 bridgehead atoms. The molecule has 96 valence electrons. The molecule has 0 atom stereocenters. The molecular formula is C14H18N2OS. The zero-order valence-corrected chi connectivity index (χ0v) is 11.6. The van der Waals surface area contributed by atoms with Crippen LogP contribution in [-0.4, -0.2) is 12.1 Å². The van der Waals surface area contributed by atoms with Crippen LogP contribution in [0.2, 0.25) is 0 Å². The number of aromatic nitrogens is 1. The van der Waals surface area contributed by atoms with Gasteiger partial charge in [0.05, 0.1) is 12.8 Å². The Bertz CT molecular complexity index is 505. The number of hydrogen-bond donors (Lipinski definition) is 1. The second kappa shape index (κ2) is 5.98. The summed E-state index contributed by atoms with van der Waals surface area (Å²) in [6, 6.07) is 7.98. The highest BCUT2D eigenvalue weighted by Crippen LogP contribution is 2.29. The van der Waals surface area contributed by atoms with Gasteiger partial charge in [-0.15, -0.1) is 11.3 Å². The normalized spacial score (nSPS) is 10.6. The van der Waals surface area contributed by atoms with Crippen molar-refractivity contribution in [1.82, 2.24) is 4.98 Å². The molecule has 0 saturated heterocycles. The number of thiazole rings is 1. The van der Waals surface area contributed by atoms with Crippen LogP contribution >= 0.6 is 11.3 Å². The second-order valence-corrected chi connectivity index (χ2v) is 5.16. The molecule has 1 aromatic heterocycles. The number of ether oxygens (including phenoxy) is 1. The van der Waals surface area contributed by atoms with Crippen molar-refractivity contribution in [3.8, 4) is 16.3 Å². The molecule has 2 aromatic rings. The van der Waals surface area contributed by atoms with Gasteiger partial charge in [0.25, 0.3) is 0 Å². The maximum absolute atomic E-state index is 5.77. The predicted molar refractivity (Wildman–Crippen MR) is 76.0 cm³/mol. The van der Waals surface area contributed by atoms with Crippen molar-refractivity contribution >= 4 is 11.3 Å². The van der Waals surface area contributed by atoms with Gasteiger partial charge in [-0.05, 0) is 30.7 Å². The number of methoxy groups -OCH3 is 1. The van der Waals surface area contributed by atoms with E-state index in [1.165, 1.54) is 4.88 Å². The summed E-state index contributed by atoms with van der Waals surface area (Å²) in [5.41, 5.74) is 8.04. The zero-order chi connectivity index (χ0) is 13.0. The van der Waals surface area contributed by atoms with Crippen molar-refractivity contribution < 1.29 is 4.74 Å². The summed E-state index contributed by atoms with van der Waals surface area (Å²) in [6.45, 7) is 2.73. The topological polar surface area (TPSA) is 48.1 Å². The summed E-state index contributed by atoms with van der Waals surface area (Å²) in [6.07, 6.45) is 2.10. The molecule has 3 nitrogen and oxygen atoms in total. The predicted octanol–water partition coefficient (Wildman–Crippen LogP) is 3.23. The van der Waals surface area contributed by atoms with Crippen LogP contribution in [0.1, 0.15) is 23.9 Å². The lowest BCUT2D eigenvalue weighted by molar-refractivity contribution is 0.415. The molecule has 0 fully saturated rings. The fourth-order valence-corrected chi connectivity index (χ4v) is 2.82. The molecule has 4 heteroatoms. The van der Waals surface area contributed by atoms with E-state index >= 15 is 0 Å². The number of nitrogens with zero attached hydrogens (tertiary/aromatic N) is 1. The van der Waals surface area contributed by atoms with Crippen LogP contribution in [0, 0.1) is 0 Å². The van der Waals surface area contributed by atoms with E-state index in [0.717, 1.165) is 34.9 Å². The highest BCUT2D eigenvalue weighted by molar-refractivity contribution is 7.15. The molecule has 18 heavy (non-hydrogen) atoms. The molecular weight excluding hydrogens is 244 g/mol. The summed E-state index contributed by atoms with van der Waals surface area (Å²) in [5.74, 6) is 0.864. The fraction of sp³-hybridized carbons (Fsp3) is 0.357. The quantitative estimate of drug-likeness (QED) is 0.900. The molecule has 1 heterocycles. The van der Waals surface area contributed by atoms with Crippen molar-refractivity contribution in [2.24, 2.45) is 5.73 Å². The lowest BCUT2D eigenvalue weighted by Crippen LogP contribution is -1.97.